The van der Waals surface area contributed by atoms with Crippen molar-refractivity contribution in [3.8, 4) is 16.9 Å². The summed E-state index contributed by atoms with van der Waals surface area (Å²) < 4.78 is 26.4. The van der Waals surface area contributed by atoms with E-state index < -0.39 is 0 Å². The maximum absolute atomic E-state index is 14.3. The third-order valence-corrected chi connectivity index (χ3v) is 6.06. The van der Waals surface area contributed by atoms with Gasteiger partial charge in [-0.25, -0.2) is 4.39 Å². The van der Waals surface area contributed by atoms with Crippen LogP contribution in [0.2, 0.25) is 5.02 Å². The second kappa shape index (κ2) is 6.79. The number of ether oxygens (including phenoxy) is 1. The van der Waals surface area contributed by atoms with Gasteiger partial charge < -0.3 is 14.6 Å². The van der Waals surface area contributed by atoms with Crippen LogP contribution in [-0.2, 0) is 19.4 Å². The highest BCUT2D eigenvalue weighted by atomic mass is 35.5. The van der Waals surface area contributed by atoms with E-state index in [1.807, 2.05) is 24.3 Å². The van der Waals surface area contributed by atoms with E-state index in [9.17, 15) is 4.39 Å². The lowest BCUT2D eigenvalue weighted by molar-refractivity contribution is 0.189. The number of pyridine rings is 1. The van der Waals surface area contributed by atoms with Crippen LogP contribution < -0.4 is 10.1 Å². The quantitative estimate of drug-likeness (QED) is 0.493. The van der Waals surface area contributed by atoms with E-state index in [2.05, 4.69) is 15.5 Å². The number of rotatable bonds is 2. The Hall–Kier alpha value is -2.96. The van der Waals surface area contributed by atoms with Crippen molar-refractivity contribution in [2.45, 2.75) is 25.5 Å². The minimum atomic E-state index is -0.354. The first-order chi connectivity index (χ1) is 14.7. The van der Waals surface area contributed by atoms with Gasteiger partial charge in [-0.2, -0.15) is 0 Å². The molecule has 0 amide bonds. The summed E-state index contributed by atoms with van der Waals surface area (Å²) in [4.78, 5) is 4.21. The average Bonchev–Trinajstić information content (AvgIpc) is 3.37. The summed E-state index contributed by atoms with van der Waals surface area (Å²) in [6.07, 6.45) is 2.84. The number of aromatic nitrogens is 2. The minimum absolute atomic E-state index is 0.266. The molecule has 150 valence electrons. The molecule has 30 heavy (non-hydrogen) atoms. The molecule has 2 aliphatic rings. The van der Waals surface area contributed by atoms with Gasteiger partial charge in [0.1, 0.15) is 17.1 Å². The van der Waals surface area contributed by atoms with Crippen LogP contribution in [0, 0.1) is 5.82 Å². The molecule has 0 saturated carbocycles. The van der Waals surface area contributed by atoms with Crippen molar-refractivity contribution in [2.24, 2.45) is 0 Å². The lowest BCUT2D eigenvalue weighted by Gasteiger charge is -2.15. The third-order valence-electron chi connectivity index (χ3n) is 5.84. The first kappa shape index (κ1) is 17.9. The molecule has 0 aliphatic carbocycles. The number of halogens is 2. The second-order valence-electron chi connectivity index (χ2n) is 7.65. The molecule has 2 aliphatic heterocycles. The fourth-order valence-corrected chi connectivity index (χ4v) is 4.70. The Labute approximate surface area is 176 Å². The van der Waals surface area contributed by atoms with Gasteiger partial charge in [0.2, 0.25) is 0 Å². The largest absolute Gasteiger partial charge is 0.481 e. The van der Waals surface area contributed by atoms with Gasteiger partial charge in [-0.3, -0.25) is 4.98 Å². The van der Waals surface area contributed by atoms with Crippen LogP contribution in [0.15, 0.2) is 47.1 Å². The van der Waals surface area contributed by atoms with Gasteiger partial charge in [0, 0.05) is 59.2 Å². The van der Waals surface area contributed by atoms with Gasteiger partial charge in [-0.15, -0.1) is 0 Å². The first-order valence-corrected chi connectivity index (χ1v) is 10.3. The summed E-state index contributed by atoms with van der Waals surface area (Å²) in [5.74, 6) is 1.16. The molecule has 0 bridgehead atoms. The van der Waals surface area contributed by atoms with E-state index in [0.29, 0.717) is 17.0 Å². The van der Waals surface area contributed by atoms with E-state index in [1.54, 1.807) is 12.3 Å². The Kier molecular flexibility index (Phi) is 4.04. The fraction of sp³-hybridized carbons (Fsp3) is 0.217. The normalized spacial score (nSPS) is 17.6. The third kappa shape index (κ3) is 2.71. The molecule has 4 heterocycles. The van der Waals surface area contributed by atoms with E-state index >= 15 is 0 Å². The predicted octanol–water partition coefficient (Wildman–Crippen LogP) is 5.00. The van der Waals surface area contributed by atoms with E-state index in [4.69, 9.17) is 20.9 Å². The van der Waals surface area contributed by atoms with Crippen LogP contribution in [0.1, 0.15) is 28.7 Å². The monoisotopic (exact) mass is 421 g/mol. The van der Waals surface area contributed by atoms with Gasteiger partial charge >= 0.3 is 0 Å². The first-order valence-electron chi connectivity index (χ1n) is 9.90. The summed E-state index contributed by atoms with van der Waals surface area (Å²) in [5, 5.41) is 8.93. The van der Waals surface area contributed by atoms with Crippen molar-refractivity contribution in [1.29, 1.82) is 0 Å². The van der Waals surface area contributed by atoms with Crippen LogP contribution in [0.4, 0.5) is 4.39 Å². The zero-order valence-corrected chi connectivity index (χ0v) is 16.7. The molecule has 0 fully saturated rings. The van der Waals surface area contributed by atoms with E-state index in [1.165, 1.54) is 6.07 Å². The maximum atomic E-state index is 14.3. The van der Waals surface area contributed by atoms with E-state index in [-0.39, 0.29) is 11.9 Å². The molecule has 0 unspecified atom stereocenters. The zero-order valence-electron chi connectivity index (χ0n) is 15.9. The number of para-hydroxylation sites is 1. The maximum Gasteiger partial charge on any atom is 0.182 e. The molecular weight excluding hydrogens is 405 g/mol. The lowest BCUT2D eigenvalue weighted by Crippen LogP contribution is -2.24. The van der Waals surface area contributed by atoms with Gasteiger partial charge in [-0.05, 0) is 29.8 Å². The summed E-state index contributed by atoms with van der Waals surface area (Å²) in [5.41, 5.74) is 5.07. The molecule has 7 heteroatoms. The van der Waals surface area contributed by atoms with Crippen molar-refractivity contribution < 1.29 is 13.7 Å². The highest BCUT2D eigenvalue weighted by molar-refractivity contribution is 6.31. The molecule has 2 aromatic heterocycles. The van der Waals surface area contributed by atoms with Crippen molar-refractivity contribution >= 4 is 22.5 Å². The van der Waals surface area contributed by atoms with Crippen LogP contribution in [-0.4, -0.2) is 16.7 Å². The molecule has 6 rings (SSSR count). The average molecular weight is 422 g/mol. The van der Waals surface area contributed by atoms with Gasteiger partial charge in [0.25, 0.3) is 0 Å². The van der Waals surface area contributed by atoms with Crippen LogP contribution in [0.25, 0.3) is 22.0 Å². The minimum Gasteiger partial charge on any atom is -0.481 e. The second-order valence-corrected chi connectivity index (χ2v) is 8.08. The van der Waals surface area contributed by atoms with Crippen LogP contribution in [0.5, 0.6) is 5.75 Å². The van der Waals surface area contributed by atoms with Gasteiger partial charge in [0.05, 0.1) is 5.69 Å². The number of hydrogen-bond acceptors (Lipinski definition) is 5. The molecule has 4 aromatic rings. The van der Waals surface area contributed by atoms with Crippen molar-refractivity contribution in [3.05, 3.63) is 76.0 Å². The predicted molar refractivity (Wildman–Crippen MR) is 111 cm³/mol. The van der Waals surface area contributed by atoms with Crippen molar-refractivity contribution in [2.75, 3.05) is 6.54 Å². The summed E-state index contributed by atoms with van der Waals surface area (Å²) in [7, 11) is 0. The molecule has 5 nitrogen and oxygen atoms in total. The molecule has 2 aromatic carbocycles. The summed E-state index contributed by atoms with van der Waals surface area (Å²) >= 11 is 6.46. The SMILES string of the molecule is Fc1cccc2c(-c3cc(Cl)cc4c3O[C@@H](c3onc5c3CNCC5)C4)ccnc12. The Morgan fingerprint density at radius 3 is 3.03 bits per heavy atom. The Balaban J connectivity index is 1.47. The van der Waals surface area contributed by atoms with Crippen LogP contribution >= 0.6 is 11.6 Å². The fourth-order valence-electron chi connectivity index (χ4n) is 4.46. The highest BCUT2D eigenvalue weighted by Crippen LogP contribution is 2.47. The number of nitrogens with zero attached hydrogens (tertiary/aromatic N) is 2. The molecule has 1 N–H and O–H groups in total. The smallest absolute Gasteiger partial charge is 0.182 e. The van der Waals surface area contributed by atoms with Gasteiger partial charge in [-0.1, -0.05) is 28.9 Å². The number of fused-ring (bicyclic) bond motifs is 3. The Morgan fingerprint density at radius 1 is 1.17 bits per heavy atom. The molecule has 0 radical (unpaired) electrons. The summed E-state index contributed by atoms with van der Waals surface area (Å²) in [6.45, 7) is 1.63. The zero-order chi connectivity index (χ0) is 20.2. The Bertz CT molecular complexity index is 1300. The lowest BCUT2D eigenvalue weighted by atomic mass is 9.97. The Morgan fingerprint density at radius 2 is 2.10 bits per heavy atom. The topological polar surface area (TPSA) is 60.2 Å². The summed E-state index contributed by atoms with van der Waals surface area (Å²) in [6, 6.07) is 10.6. The standard InChI is InChI=1S/C23H17ClFN3O2/c24-13-8-12-9-20(23-17-11-26-6-5-19(17)28-30-23)29-22(12)16(10-13)14-4-7-27-21-15(14)2-1-3-18(21)25/h1-4,7-8,10,20,26H,5-6,9,11H2/t20-/m1/s1. The number of hydrogen-bond donors (Lipinski definition) is 1. The van der Waals surface area contributed by atoms with Crippen LogP contribution in [0.3, 0.4) is 0 Å². The highest BCUT2D eigenvalue weighted by Gasteiger charge is 2.34. The molecule has 0 saturated heterocycles. The molecule has 1 atom stereocenters. The molecule has 0 spiro atoms. The molecular formula is C23H17ClFN3O2. The van der Waals surface area contributed by atoms with Crippen molar-refractivity contribution in [3.63, 3.8) is 0 Å². The number of nitrogens with one attached hydrogen (secondary N) is 1. The van der Waals surface area contributed by atoms with Crippen molar-refractivity contribution in [1.82, 2.24) is 15.5 Å². The van der Waals surface area contributed by atoms with Gasteiger partial charge in [0.15, 0.2) is 11.9 Å². The van der Waals surface area contributed by atoms with E-state index in [0.717, 1.165) is 64.4 Å². The number of benzene rings is 2.